The number of amides is 2. The number of nitrogens with zero attached hydrogens (tertiary/aromatic N) is 3. The molecule has 1 heterocycles. The molecule has 0 aliphatic carbocycles. The predicted octanol–water partition coefficient (Wildman–Crippen LogP) is 2.67. The summed E-state index contributed by atoms with van der Waals surface area (Å²) in [5.74, 6) is -0.598. The predicted molar refractivity (Wildman–Crippen MR) is 119 cm³/mol. The minimum absolute atomic E-state index is 0.0994. The van der Waals surface area contributed by atoms with Crippen LogP contribution in [0.5, 0.6) is 0 Å². The van der Waals surface area contributed by atoms with E-state index < -0.39 is 15.9 Å². The van der Waals surface area contributed by atoms with Crippen LogP contribution in [0.4, 0.5) is 5.69 Å². The van der Waals surface area contributed by atoms with Crippen molar-refractivity contribution < 1.29 is 18.0 Å². The smallest absolute Gasteiger partial charge is 0.271 e. The molecule has 9 heteroatoms. The van der Waals surface area contributed by atoms with E-state index in [1.807, 2.05) is 37.3 Å². The number of hydrazone groups is 1. The summed E-state index contributed by atoms with van der Waals surface area (Å²) in [6.07, 6.45) is 0.413. The Morgan fingerprint density at radius 2 is 1.81 bits per heavy atom. The van der Waals surface area contributed by atoms with E-state index in [0.717, 1.165) is 21.0 Å². The van der Waals surface area contributed by atoms with Gasteiger partial charge < -0.3 is 5.32 Å². The number of anilines is 1. The summed E-state index contributed by atoms with van der Waals surface area (Å²) in [5, 5.41) is 8.35. The van der Waals surface area contributed by atoms with Gasteiger partial charge in [0, 0.05) is 32.6 Å². The molecule has 164 valence electrons. The Morgan fingerprint density at radius 3 is 2.45 bits per heavy atom. The van der Waals surface area contributed by atoms with Crippen LogP contribution in [0.2, 0.25) is 0 Å². The number of aryl methyl sites for hydroxylation is 1. The van der Waals surface area contributed by atoms with Crippen LogP contribution in [0, 0.1) is 13.8 Å². The van der Waals surface area contributed by atoms with Crippen LogP contribution in [0.25, 0.3) is 0 Å². The highest BCUT2D eigenvalue weighted by Crippen LogP contribution is 2.26. The highest BCUT2D eigenvalue weighted by atomic mass is 32.2. The highest BCUT2D eigenvalue weighted by Gasteiger charge is 2.26. The van der Waals surface area contributed by atoms with Gasteiger partial charge in [-0.25, -0.2) is 17.7 Å². The molecule has 1 aliphatic heterocycles. The van der Waals surface area contributed by atoms with E-state index in [4.69, 9.17) is 0 Å². The molecule has 0 saturated heterocycles. The lowest BCUT2D eigenvalue weighted by atomic mass is 10.1. The second kappa shape index (κ2) is 8.99. The molecule has 0 aromatic heterocycles. The molecule has 2 amide bonds. The molecule has 3 rings (SSSR count). The summed E-state index contributed by atoms with van der Waals surface area (Å²) in [7, 11) is -0.739. The Kier molecular flexibility index (Phi) is 6.56. The van der Waals surface area contributed by atoms with Crippen LogP contribution in [0.15, 0.2) is 52.5 Å². The molecule has 2 aromatic carbocycles. The topological polar surface area (TPSA) is 99.2 Å². The van der Waals surface area contributed by atoms with Crippen LogP contribution in [0.1, 0.15) is 29.5 Å². The van der Waals surface area contributed by atoms with Gasteiger partial charge in [-0.1, -0.05) is 30.3 Å². The Morgan fingerprint density at radius 1 is 1.13 bits per heavy atom. The molecule has 2 aromatic rings. The van der Waals surface area contributed by atoms with Crippen molar-refractivity contribution in [2.45, 2.75) is 38.1 Å². The lowest BCUT2D eigenvalue weighted by Crippen LogP contribution is -2.36. The van der Waals surface area contributed by atoms with E-state index in [-0.39, 0.29) is 35.9 Å². The van der Waals surface area contributed by atoms with Crippen molar-refractivity contribution >= 4 is 33.2 Å². The van der Waals surface area contributed by atoms with Crippen LogP contribution in [0.3, 0.4) is 0 Å². The average Bonchev–Trinajstić information content (AvgIpc) is 2.73. The molecule has 0 spiro atoms. The summed E-state index contributed by atoms with van der Waals surface area (Å²) >= 11 is 0. The molecule has 0 radical (unpaired) electrons. The molecular weight excluding hydrogens is 416 g/mol. The first-order valence-electron chi connectivity index (χ1n) is 9.86. The minimum atomic E-state index is -3.65. The summed E-state index contributed by atoms with van der Waals surface area (Å²) in [4.78, 5) is 25.2. The summed E-state index contributed by atoms with van der Waals surface area (Å²) in [6, 6.07) is 12.4. The normalized spacial score (nSPS) is 14.5. The zero-order valence-corrected chi connectivity index (χ0v) is 18.9. The quantitative estimate of drug-likeness (QED) is 0.743. The number of hydrogen-bond donors (Lipinski definition) is 1. The van der Waals surface area contributed by atoms with Crippen molar-refractivity contribution in [2.75, 3.05) is 19.4 Å². The first kappa shape index (κ1) is 22.6. The zero-order valence-electron chi connectivity index (χ0n) is 18.0. The third kappa shape index (κ3) is 5.00. The first-order valence-corrected chi connectivity index (χ1v) is 11.3. The SMILES string of the molecule is Cc1cc(S(=O)(=O)N(C)C)cc(NC(=O)C2=NN(Cc3ccccc3)C(=O)CC2)c1C. The second-order valence-corrected chi connectivity index (χ2v) is 9.79. The fourth-order valence-electron chi connectivity index (χ4n) is 3.15. The molecule has 1 aliphatic rings. The lowest BCUT2D eigenvalue weighted by Gasteiger charge is -2.23. The van der Waals surface area contributed by atoms with Crippen LogP contribution in [-0.4, -0.2) is 49.4 Å². The summed E-state index contributed by atoms with van der Waals surface area (Å²) in [6.45, 7) is 3.88. The maximum atomic E-state index is 12.9. The van der Waals surface area contributed by atoms with Gasteiger partial charge in [0.1, 0.15) is 5.71 Å². The summed E-state index contributed by atoms with van der Waals surface area (Å²) < 4.78 is 26.2. The number of nitrogens with one attached hydrogen (secondary N) is 1. The molecule has 1 N–H and O–H groups in total. The monoisotopic (exact) mass is 442 g/mol. The lowest BCUT2D eigenvalue weighted by molar-refractivity contribution is -0.132. The molecule has 0 atom stereocenters. The number of hydrogen-bond acceptors (Lipinski definition) is 5. The molecule has 0 bridgehead atoms. The van der Waals surface area contributed by atoms with Crippen molar-refractivity contribution in [2.24, 2.45) is 5.10 Å². The van der Waals surface area contributed by atoms with Gasteiger partial charge >= 0.3 is 0 Å². The number of sulfonamides is 1. The first-order chi connectivity index (χ1) is 14.6. The Hall–Kier alpha value is -3.04. The number of rotatable bonds is 6. The number of carbonyl (C=O) groups excluding carboxylic acids is 2. The Labute approximate surface area is 182 Å². The van der Waals surface area contributed by atoms with Crippen molar-refractivity contribution in [3.05, 3.63) is 59.2 Å². The minimum Gasteiger partial charge on any atom is -0.321 e. The molecule has 0 fully saturated rings. The molecule has 31 heavy (non-hydrogen) atoms. The van der Waals surface area contributed by atoms with Gasteiger partial charge in [-0.2, -0.15) is 5.10 Å². The van der Waals surface area contributed by atoms with Gasteiger partial charge in [-0.3, -0.25) is 9.59 Å². The third-order valence-electron chi connectivity index (χ3n) is 5.21. The maximum absolute atomic E-state index is 12.9. The number of carbonyl (C=O) groups is 2. The maximum Gasteiger partial charge on any atom is 0.271 e. The van der Waals surface area contributed by atoms with Crippen LogP contribution < -0.4 is 5.32 Å². The Balaban J connectivity index is 1.86. The average molecular weight is 443 g/mol. The van der Waals surface area contributed by atoms with Crippen LogP contribution >= 0.6 is 0 Å². The van der Waals surface area contributed by atoms with E-state index >= 15 is 0 Å². The zero-order chi connectivity index (χ0) is 22.8. The van der Waals surface area contributed by atoms with E-state index in [2.05, 4.69) is 10.4 Å². The van der Waals surface area contributed by atoms with E-state index in [1.165, 1.54) is 25.2 Å². The van der Waals surface area contributed by atoms with Crippen molar-refractivity contribution in [3.63, 3.8) is 0 Å². The van der Waals surface area contributed by atoms with Gasteiger partial charge in [0.25, 0.3) is 5.91 Å². The summed E-state index contributed by atoms with van der Waals surface area (Å²) in [5.41, 5.74) is 3.05. The van der Waals surface area contributed by atoms with Crippen molar-refractivity contribution in [1.82, 2.24) is 9.31 Å². The van der Waals surface area contributed by atoms with Gasteiger partial charge in [0.2, 0.25) is 15.9 Å². The van der Waals surface area contributed by atoms with Gasteiger partial charge in [0.15, 0.2) is 0 Å². The largest absolute Gasteiger partial charge is 0.321 e. The molecule has 0 saturated carbocycles. The Bertz CT molecular complexity index is 1140. The molecular formula is C22H26N4O4S. The fraction of sp³-hybridized carbons (Fsp3) is 0.318. The fourth-order valence-corrected chi connectivity index (χ4v) is 4.17. The molecule has 0 unspecified atom stereocenters. The third-order valence-corrected chi connectivity index (χ3v) is 7.00. The second-order valence-electron chi connectivity index (χ2n) is 7.64. The van der Waals surface area contributed by atoms with E-state index in [0.29, 0.717) is 5.69 Å². The van der Waals surface area contributed by atoms with E-state index in [1.54, 1.807) is 13.0 Å². The van der Waals surface area contributed by atoms with Crippen molar-refractivity contribution in [3.8, 4) is 0 Å². The van der Waals surface area contributed by atoms with Gasteiger partial charge in [-0.15, -0.1) is 0 Å². The van der Waals surface area contributed by atoms with Gasteiger partial charge in [-0.05, 0) is 42.7 Å². The standard InChI is InChI=1S/C22H26N4O4S/c1-15-12-18(31(29,30)25(3)4)13-20(16(15)2)23-22(28)19-10-11-21(27)26(24-19)14-17-8-6-5-7-9-17/h5-9,12-13H,10-11,14H2,1-4H3,(H,23,28). The van der Waals surface area contributed by atoms with Crippen molar-refractivity contribution in [1.29, 1.82) is 0 Å². The molecule has 8 nitrogen and oxygen atoms in total. The van der Waals surface area contributed by atoms with Crippen LogP contribution in [-0.2, 0) is 26.2 Å². The van der Waals surface area contributed by atoms with Gasteiger partial charge in [0.05, 0.1) is 11.4 Å². The number of benzene rings is 2. The highest BCUT2D eigenvalue weighted by molar-refractivity contribution is 7.89. The van der Waals surface area contributed by atoms with E-state index in [9.17, 15) is 18.0 Å².